The predicted molar refractivity (Wildman–Crippen MR) is 105 cm³/mol. The summed E-state index contributed by atoms with van der Waals surface area (Å²) in [5, 5.41) is 9.77. The maximum atomic E-state index is 12.6. The van der Waals surface area contributed by atoms with E-state index in [1.807, 2.05) is 46.8 Å². The van der Waals surface area contributed by atoms with Crippen molar-refractivity contribution in [2.24, 2.45) is 0 Å². The molecule has 3 rings (SSSR count). The number of benzene rings is 1. The topological polar surface area (TPSA) is 74.7 Å². The summed E-state index contributed by atoms with van der Waals surface area (Å²) in [6.07, 6.45) is 3.06. The Morgan fingerprint density at radius 1 is 1.00 bits per heavy atom. The van der Waals surface area contributed by atoms with Crippen molar-refractivity contribution in [3.05, 3.63) is 45.5 Å². The van der Waals surface area contributed by atoms with E-state index in [1.54, 1.807) is 0 Å². The van der Waals surface area contributed by atoms with E-state index in [2.05, 4.69) is 0 Å². The molecule has 0 bridgehead atoms. The molecular formula is C22H29NO4. The Morgan fingerprint density at radius 3 is 1.85 bits per heavy atom. The first-order valence-corrected chi connectivity index (χ1v) is 9.70. The number of aliphatic carboxylic acids is 1. The first kappa shape index (κ1) is 20.9. The Kier molecular flexibility index (Phi) is 6.58. The van der Waals surface area contributed by atoms with Crippen molar-refractivity contribution in [3.8, 4) is 0 Å². The Morgan fingerprint density at radius 2 is 1.44 bits per heavy atom. The monoisotopic (exact) mass is 371 g/mol. The van der Waals surface area contributed by atoms with E-state index in [1.165, 1.54) is 0 Å². The molecule has 2 aliphatic rings. The molecule has 27 heavy (non-hydrogen) atoms. The molecule has 146 valence electrons. The Balaban J connectivity index is 0.00000126. The van der Waals surface area contributed by atoms with Crippen molar-refractivity contribution in [3.63, 3.8) is 0 Å². The molecule has 1 aliphatic carbocycles. The van der Waals surface area contributed by atoms with E-state index in [4.69, 9.17) is 0 Å². The van der Waals surface area contributed by atoms with E-state index in [0.29, 0.717) is 29.6 Å². The molecular weight excluding hydrogens is 342 g/mol. The summed E-state index contributed by atoms with van der Waals surface area (Å²) in [5.41, 5.74) is 4.70. The number of rotatable bonds is 4. The Bertz CT molecular complexity index is 756. The SMILES string of the molecule is CC.Cc1cc(C)c(C(CN2C(=O)C3=C(CCCC3)C2=O)C(=O)O)c(C)c1. The van der Waals surface area contributed by atoms with Gasteiger partial charge >= 0.3 is 5.97 Å². The zero-order valence-electron chi connectivity index (χ0n) is 16.9. The van der Waals surface area contributed by atoms with Crippen LogP contribution in [-0.4, -0.2) is 34.3 Å². The zero-order valence-corrected chi connectivity index (χ0v) is 16.9. The second kappa shape index (κ2) is 8.51. The van der Waals surface area contributed by atoms with Gasteiger partial charge in [0.15, 0.2) is 0 Å². The second-order valence-electron chi connectivity index (χ2n) is 7.09. The number of carboxylic acid groups (broad SMARTS) is 1. The fourth-order valence-corrected chi connectivity index (χ4v) is 4.18. The maximum absolute atomic E-state index is 12.6. The highest BCUT2D eigenvalue weighted by Gasteiger charge is 2.41. The molecule has 2 amide bonds. The Labute approximate surface area is 161 Å². The summed E-state index contributed by atoms with van der Waals surface area (Å²) in [7, 11) is 0. The van der Waals surface area contributed by atoms with Crippen LogP contribution in [-0.2, 0) is 14.4 Å². The van der Waals surface area contributed by atoms with E-state index in [0.717, 1.165) is 34.4 Å². The second-order valence-corrected chi connectivity index (χ2v) is 7.09. The van der Waals surface area contributed by atoms with Gasteiger partial charge in [-0.25, -0.2) is 0 Å². The average molecular weight is 371 g/mol. The van der Waals surface area contributed by atoms with Crippen LogP contribution < -0.4 is 0 Å². The third kappa shape index (κ3) is 3.97. The van der Waals surface area contributed by atoms with Crippen molar-refractivity contribution in [1.82, 2.24) is 4.90 Å². The van der Waals surface area contributed by atoms with E-state index < -0.39 is 11.9 Å². The predicted octanol–water partition coefficient (Wildman–Crippen LogP) is 4.05. The van der Waals surface area contributed by atoms with Crippen LogP contribution in [0.15, 0.2) is 23.3 Å². The number of amides is 2. The molecule has 0 aromatic heterocycles. The van der Waals surface area contributed by atoms with E-state index in [-0.39, 0.29) is 18.4 Å². The van der Waals surface area contributed by atoms with Crippen LogP contribution in [0.5, 0.6) is 0 Å². The molecule has 1 aromatic rings. The summed E-state index contributed by atoms with van der Waals surface area (Å²) in [6, 6.07) is 3.88. The van der Waals surface area contributed by atoms with Crippen LogP contribution in [0.3, 0.4) is 0 Å². The molecule has 5 heteroatoms. The smallest absolute Gasteiger partial charge is 0.312 e. The molecule has 1 aliphatic heterocycles. The molecule has 0 radical (unpaired) electrons. The summed E-state index contributed by atoms with van der Waals surface area (Å²) < 4.78 is 0. The highest BCUT2D eigenvalue weighted by atomic mass is 16.4. The number of carboxylic acids is 1. The minimum atomic E-state index is -1.01. The van der Waals surface area contributed by atoms with Crippen LogP contribution in [0.2, 0.25) is 0 Å². The molecule has 1 heterocycles. The molecule has 0 spiro atoms. The number of hydrogen-bond acceptors (Lipinski definition) is 3. The lowest BCUT2D eigenvalue weighted by Crippen LogP contribution is -2.38. The largest absolute Gasteiger partial charge is 0.481 e. The van der Waals surface area contributed by atoms with Gasteiger partial charge in [0.2, 0.25) is 0 Å². The van der Waals surface area contributed by atoms with Gasteiger partial charge in [-0.05, 0) is 63.1 Å². The summed E-state index contributed by atoms with van der Waals surface area (Å²) in [5.74, 6) is -2.52. The van der Waals surface area contributed by atoms with Gasteiger partial charge in [-0.2, -0.15) is 0 Å². The van der Waals surface area contributed by atoms with Gasteiger partial charge in [0.05, 0.1) is 0 Å². The van der Waals surface area contributed by atoms with Gasteiger partial charge in [-0.1, -0.05) is 31.5 Å². The molecule has 0 saturated carbocycles. The van der Waals surface area contributed by atoms with Crippen LogP contribution in [0.1, 0.15) is 67.7 Å². The molecule has 0 fully saturated rings. The summed E-state index contributed by atoms with van der Waals surface area (Å²) >= 11 is 0. The fourth-order valence-electron chi connectivity index (χ4n) is 4.18. The summed E-state index contributed by atoms with van der Waals surface area (Å²) in [6.45, 7) is 9.61. The van der Waals surface area contributed by atoms with Crippen LogP contribution in [0.25, 0.3) is 0 Å². The average Bonchev–Trinajstić information content (AvgIpc) is 2.86. The fraction of sp³-hybridized carbons (Fsp3) is 0.500. The molecule has 1 atom stereocenters. The van der Waals surface area contributed by atoms with Gasteiger partial charge in [0.25, 0.3) is 11.8 Å². The number of carbonyl (C=O) groups is 3. The van der Waals surface area contributed by atoms with Crippen molar-refractivity contribution in [2.45, 2.75) is 66.2 Å². The third-order valence-corrected chi connectivity index (χ3v) is 5.22. The van der Waals surface area contributed by atoms with Gasteiger partial charge in [0, 0.05) is 17.7 Å². The lowest BCUT2D eigenvalue weighted by molar-refractivity contribution is -0.142. The number of hydrogen-bond donors (Lipinski definition) is 1. The van der Waals surface area contributed by atoms with Gasteiger partial charge in [0.1, 0.15) is 5.92 Å². The highest BCUT2D eigenvalue weighted by Crippen LogP contribution is 2.35. The number of aryl methyl sites for hydroxylation is 3. The first-order valence-electron chi connectivity index (χ1n) is 9.70. The van der Waals surface area contributed by atoms with Crippen molar-refractivity contribution < 1.29 is 19.5 Å². The lowest BCUT2D eigenvalue weighted by atomic mass is 9.89. The van der Waals surface area contributed by atoms with E-state index in [9.17, 15) is 19.5 Å². The quantitative estimate of drug-likeness (QED) is 0.811. The van der Waals surface area contributed by atoms with Gasteiger partial charge in [-0.3, -0.25) is 19.3 Å². The van der Waals surface area contributed by atoms with Gasteiger partial charge < -0.3 is 5.11 Å². The molecule has 1 N–H and O–H groups in total. The third-order valence-electron chi connectivity index (χ3n) is 5.22. The van der Waals surface area contributed by atoms with E-state index >= 15 is 0 Å². The first-order chi connectivity index (χ1) is 12.8. The van der Waals surface area contributed by atoms with Crippen LogP contribution >= 0.6 is 0 Å². The number of nitrogens with zero attached hydrogens (tertiary/aromatic N) is 1. The van der Waals surface area contributed by atoms with Crippen molar-refractivity contribution in [1.29, 1.82) is 0 Å². The zero-order chi connectivity index (χ0) is 20.3. The maximum Gasteiger partial charge on any atom is 0.312 e. The van der Waals surface area contributed by atoms with Gasteiger partial charge in [-0.15, -0.1) is 0 Å². The van der Waals surface area contributed by atoms with Crippen molar-refractivity contribution >= 4 is 17.8 Å². The highest BCUT2D eigenvalue weighted by molar-refractivity contribution is 6.19. The van der Waals surface area contributed by atoms with Crippen LogP contribution in [0.4, 0.5) is 0 Å². The summed E-state index contributed by atoms with van der Waals surface area (Å²) in [4.78, 5) is 38.3. The normalized spacial score (nSPS) is 17.4. The minimum Gasteiger partial charge on any atom is -0.481 e. The number of imide groups is 1. The molecule has 1 unspecified atom stereocenters. The van der Waals surface area contributed by atoms with Crippen molar-refractivity contribution in [2.75, 3.05) is 6.54 Å². The molecule has 0 saturated heterocycles. The minimum absolute atomic E-state index is 0.106. The molecule has 5 nitrogen and oxygen atoms in total. The Hall–Kier alpha value is -2.43. The molecule has 1 aromatic carbocycles. The van der Waals surface area contributed by atoms with Crippen LogP contribution in [0, 0.1) is 20.8 Å². The standard InChI is InChI=1S/C20H23NO4.C2H6/c1-11-8-12(2)17(13(3)9-11)16(20(24)25)10-21-18(22)14-6-4-5-7-15(14)19(21)23;1-2/h8-9,16H,4-7,10H2,1-3H3,(H,24,25);1-2H3. The lowest BCUT2D eigenvalue weighted by Gasteiger charge is -2.23. The number of carbonyl (C=O) groups excluding carboxylic acids is 2.